The van der Waals surface area contributed by atoms with Crippen LogP contribution in [0.1, 0.15) is 55.4 Å². The Labute approximate surface area is 154 Å². The lowest BCUT2D eigenvalue weighted by Crippen LogP contribution is -2.56. The second-order valence-corrected chi connectivity index (χ2v) is 8.56. The number of fused-ring (bicyclic) bond motifs is 2. The Morgan fingerprint density at radius 1 is 1.23 bits per heavy atom. The number of nitrogens with zero attached hydrogens (tertiary/aromatic N) is 1. The van der Waals surface area contributed by atoms with E-state index in [-0.39, 0.29) is 11.4 Å². The maximum atomic E-state index is 13.7. The maximum absolute atomic E-state index is 13.7. The van der Waals surface area contributed by atoms with Gasteiger partial charge in [-0.1, -0.05) is 36.8 Å². The van der Waals surface area contributed by atoms with Gasteiger partial charge < -0.3 is 15.0 Å². The highest BCUT2D eigenvalue weighted by Gasteiger charge is 2.59. The molecule has 0 saturated carbocycles. The molecule has 0 radical (unpaired) electrons. The van der Waals surface area contributed by atoms with Crippen molar-refractivity contribution in [3.8, 4) is 0 Å². The van der Waals surface area contributed by atoms with E-state index in [1.54, 1.807) is 0 Å². The molecule has 26 heavy (non-hydrogen) atoms. The van der Waals surface area contributed by atoms with Gasteiger partial charge in [0.2, 0.25) is 5.72 Å². The van der Waals surface area contributed by atoms with Crippen LogP contribution in [0.3, 0.4) is 0 Å². The summed E-state index contributed by atoms with van der Waals surface area (Å²) in [6.07, 6.45) is 0.946. The largest absolute Gasteiger partial charge is 0.345 e. The minimum absolute atomic E-state index is 0.00533. The smallest absolute Gasteiger partial charge is 0.285 e. The van der Waals surface area contributed by atoms with E-state index >= 15 is 0 Å². The summed E-state index contributed by atoms with van der Waals surface area (Å²) in [4.78, 5) is 15.7. The monoisotopic (exact) mass is 348 g/mol. The van der Waals surface area contributed by atoms with Gasteiger partial charge in [-0.25, -0.2) is 0 Å². The molecule has 1 spiro atoms. The number of carbonyl (C=O) groups is 1. The van der Waals surface area contributed by atoms with Crippen molar-refractivity contribution in [1.29, 1.82) is 0 Å². The third-order valence-corrected chi connectivity index (χ3v) is 6.11. The number of aryl methyl sites for hydroxylation is 1. The summed E-state index contributed by atoms with van der Waals surface area (Å²) in [5.41, 5.74) is 5.15. The van der Waals surface area contributed by atoms with Crippen LogP contribution in [-0.2, 0) is 21.9 Å². The Hall–Kier alpha value is -2.33. The van der Waals surface area contributed by atoms with Gasteiger partial charge >= 0.3 is 0 Å². The first-order chi connectivity index (χ1) is 12.3. The van der Waals surface area contributed by atoms with Crippen LogP contribution >= 0.6 is 0 Å². The van der Waals surface area contributed by atoms with E-state index in [0.717, 1.165) is 28.9 Å². The lowest BCUT2D eigenvalue weighted by molar-refractivity contribution is -0.143. The Morgan fingerprint density at radius 3 is 2.81 bits per heavy atom. The molecule has 2 aromatic rings. The van der Waals surface area contributed by atoms with Crippen LogP contribution in [0.5, 0.6) is 0 Å². The Morgan fingerprint density at radius 2 is 2.00 bits per heavy atom. The van der Waals surface area contributed by atoms with Crippen molar-refractivity contribution >= 4 is 17.3 Å². The Kier molecular flexibility index (Phi) is 2.99. The van der Waals surface area contributed by atoms with Crippen molar-refractivity contribution in [2.45, 2.75) is 57.9 Å². The molecule has 0 aliphatic carbocycles. The summed E-state index contributed by atoms with van der Waals surface area (Å²) in [6, 6.07) is 12.4. The lowest BCUT2D eigenvalue weighted by Gasteiger charge is -2.44. The summed E-state index contributed by atoms with van der Waals surface area (Å²) < 4.78 is 6.29. The van der Waals surface area contributed by atoms with Crippen molar-refractivity contribution in [2.24, 2.45) is 0 Å². The van der Waals surface area contributed by atoms with Gasteiger partial charge in [-0.15, -0.1) is 0 Å². The fourth-order valence-corrected chi connectivity index (χ4v) is 5.04. The molecule has 1 amide bonds. The van der Waals surface area contributed by atoms with E-state index in [2.05, 4.69) is 45.1 Å². The van der Waals surface area contributed by atoms with Crippen molar-refractivity contribution in [3.63, 3.8) is 0 Å². The standard InChI is InChI=1S/C22H24N2O2/c1-13-9-16-14(2)11-21(3,4)24-19(16)17(10-13)22(20(24)25)23-18-8-6-5-7-15(18)12-26-22/h5-10,14,23H,11-12H2,1-4H3/t14-,22+/m1/s1. The third-order valence-electron chi connectivity index (χ3n) is 6.11. The molecule has 4 heteroatoms. The lowest BCUT2D eigenvalue weighted by atomic mass is 9.79. The Balaban J connectivity index is 1.77. The molecule has 3 aliphatic rings. The third kappa shape index (κ3) is 1.85. The van der Waals surface area contributed by atoms with Gasteiger partial charge in [0.1, 0.15) is 0 Å². The van der Waals surface area contributed by atoms with Gasteiger partial charge in [-0.2, -0.15) is 0 Å². The number of hydrogen-bond donors (Lipinski definition) is 1. The highest BCUT2D eigenvalue weighted by molar-refractivity contribution is 6.11. The second kappa shape index (κ2) is 4.89. The van der Waals surface area contributed by atoms with Crippen molar-refractivity contribution in [3.05, 3.63) is 58.7 Å². The summed E-state index contributed by atoms with van der Waals surface area (Å²) in [7, 11) is 0. The minimum Gasteiger partial charge on any atom is -0.345 e. The first-order valence-corrected chi connectivity index (χ1v) is 9.33. The molecule has 3 aliphatic heterocycles. The number of carbonyl (C=O) groups excluding carboxylic acids is 1. The van der Waals surface area contributed by atoms with Gasteiger partial charge in [0, 0.05) is 22.4 Å². The van der Waals surface area contributed by atoms with Crippen molar-refractivity contribution in [2.75, 3.05) is 10.2 Å². The number of benzene rings is 2. The molecule has 0 unspecified atom stereocenters. The quantitative estimate of drug-likeness (QED) is 0.766. The molecule has 0 bridgehead atoms. The summed E-state index contributed by atoms with van der Waals surface area (Å²) >= 11 is 0. The van der Waals surface area contributed by atoms with E-state index in [0.29, 0.717) is 12.5 Å². The predicted molar refractivity (Wildman–Crippen MR) is 102 cm³/mol. The topological polar surface area (TPSA) is 41.6 Å². The van der Waals surface area contributed by atoms with Crippen LogP contribution < -0.4 is 10.2 Å². The SMILES string of the molecule is Cc1cc2c3c(c1)[C@@]1(Nc4ccccc4CO1)C(=O)N3C(C)(C)C[C@H]2C. The molecule has 0 saturated heterocycles. The molecule has 1 N–H and O–H groups in total. The molecule has 0 aromatic heterocycles. The predicted octanol–water partition coefficient (Wildman–Crippen LogP) is 4.42. The highest BCUT2D eigenvalue weighted by Crippen LogP contribution is 2.55. The van der Waals surface area contributed by atoms with Crippen LogP contribution in [-0.4, -0.2) is 11.4 Å². The van der Waals surface area contributed by atoms with E-state index in [1.165, 1.54) is 11.1 Å². The highest BCUT2D eigenvalue weighted by atomic mass is 16.5. The van der Waals surface area contributed by atoms with Gasteiger partial charge in [0.25, 0.3) is 5.91 Å². The first-order valence-electron chi connectivity index (χ1n) is 9.33. The van der Waals surface area contributed by atoms with E-state index in [1.807, 2.05) is 29.2 Å². The van der Waals surface area contributed by atoms with E-state index < -0.39 is 5.72 Å². The minimum atomic E-state index is -1.12. The van der Waals surface area contributed by atoms with Crippen molar-refractivity contribution in [1.82, 2.24) is 0 Å². The number of ether oxygens (including phenoxy) is 1. The average Bonchev–Trinajstić information content (AvgIpc) is 2.82. The zero-order valence-electron chi connectivity index (χ0n) is 15.7. The summed E-state index contributed by atoms with van der Waals surface area (Å²) in [6.45, 7) is 9.10. The van der Waals surface area contributed by atoms with Crippen LogP contribution in [0.25, 0.3) is 0 Å². The number of anilines is 2. The zero-order chi connectivity index (χ0) is 18.3. The van der Waals surface area contributed by atoms with E-state index in [4.69, 9.17) is 4.74 Å². The summed E-state index contributed by atoms with van der Waals surface area (Å²) in [5.74, 6) is 0.416. The summed E-state index contributed by atoms with van der Waals surface area (Å²) in [5, 5.41) is 3.46. The molecule has 2 aromatic carbocycles. The van der Waals surface area contributed by atoms with E-state index in [9.17, 15) is 4.79 Å². The molecule has 0 fully saturated rings. The Bertz CT molecular complexity index is 949. The molecule has 4 nitrogen and oxygen atoms in total. The van der Waals surface area contributed by atoms with Gasteiger partial charge in [0.05, 0.1) is 12.3 Å². The van der Waals surface area contributed by atoms with Crippen molar-refractivity contribution < 1.29 is 9.53 Å². The number of amides is 1. The number of nitrogens with one attached hydrogen (secondary N) is 1. The van der Waals surface area contributed by atoms with Crippen LogP contribution in [0, 0.1) is 6.92 Å². The van der Waals surface area contributed by atoms with Crippen LogP contribution in [0.2, 0.25) is 0 Å². The van der Waals surface area contributed by atoms with Gasteiger partial charge in [-0.05, 0) is 50.8 Å². The number of hydrogen-bond acceptors (Lipinski definition) is 3. The number of rotatable bonds is 0. The normalized spacial score (nSPS) is 27.9. The fourth-order valence-electron chi connectivity index (χ4n) is 5.04. The van der Waals surface area contributed by atoms with Crippen LogP contribution in [0.4, 0.5) is 11.4 Å². The first kappa shape index (κ1) is 15.9. The molecule has 2 atom stereocenters. The van der Waals surface area contributed by atoms with Crippen LogP contribution in [0.15, 0.2) is 36.4 Å². The fraction of sp³-hybridized carbons (Fsp3) is 0.409. The zero-order valence-corrected chi connectivity index (χ0v) is 15.7. The number of para-hydroxylation sites is 1. The second-order valence-electron chi connectivity index (χ2n) is 8.56. The molecular formula is C22H24N2O2. The molecule has 3 heterocycles. The molecule has 134 valence electrons. The maximum Gasteiger partial charge on any atom is 0.285 e. The molecular weight excluding hydrogens is 324 g/mol. The average molecular weight is 348 g/mol. The van der Waals surface area contributed by atoms with Gasteiger partial charge in [-0.3, -0.25) is 4.79 Å². The molecule has 5 rings (SSSR count). The van der Waals surface area contributed by atoms with Gasteiger partial charge in [0.15, 0.2) is 0 Å².